The first-order valence-electron chi connectivity index (χ1n) is 4.92. The third kappa shape index (κ3) is 2.45. The van der Waals surface area contributed by atoms with E-state index in [1.54, 1.807) is 11.3 Å². The highest BCUT2D eigenvalue weighted by molar-refractivity contribution is 9.10. The number of hydrogen-bond donors (Lipinski definition) is 0. The first-order chi connectivity index (χ1) is 6.66. The van der Waals surface area contributed by atoms with Crippen LogP contribution in [0, 0.1) is 11.8 Å². The van der Waals surface area contributed by atoms with Crippen LogP contribution in [0.5, 0.6) is 0 Å². The highest BCUT2D eigenvalue weighted by Crippen LogP contribution is 2.37. The van der Waals surface area contributed by atoms with Gasteiger partial charge in [0, 0.05) is 27.1 Å². The molecule has 1 aromatic rings. The molecule has 1 aromatic heterocycles. The molecule has 1 fully saturated rings. The van der Waals surface area contributed by atoms with E-state index < -0.39 is 0 Å². The molecule has 3 heteroatoms. The molecule has 76 valence electrons. The summed E-state index contributed by atoms with van der Waals surface area (Å²) in [7, 11) is 0. The van der Waals surface area contributed by atoms with Crippen LogP contribution >= 0.6 is 27.3 Å². The molecule has 0 aromatic carbocycles. The standard InChI is InChI=1S/C11H13BrOS/c1-7(8-2-3-8)11(13)5-10-4-9(12)6-14-10/h4,6-8H,2-3,5H2,1H3. The Balaban J connectivity index is 1.93. The van der Waals surface area contributed by atoms with Gasteiger partial charge in [-0.25, -0.2) is 0 Å². The van der Waals surface area contributed by atoms with E-state index in [0.29, 0.717) is 18.1 Å². The van der Waals surface area contributed by atoms with Gasteiger partial charge in [-0.05, 0) is 40.8 Å². The number of ketones is 1. The predicted octanol–water partition coefficient (Wildman–Crippen LogP) is 3.67. The lowest BCUT2D eigenvalue weighted by Gasteiger charge is -2.06. The summed E-state index contributed by atoms with van der Waals surface area (Å²) in [6.45, 7) is 2.07. The second-order valence-corrected chi connectivity index (χ2v) is 5.91. The molecule has 0 N–H and O–H groups in total. The molecule has 1 aliphatic carbocycles. The summed E-state index contributed by atoms with van der Waals surface area (Å²) in [4.78, 5) is 13.0. The van der Waals surface area contributed by atoms with Crippen molar-refractivity contribution >= 4 is 33.0 Å². The topological polar surface area (TPSA) is 17.1 Å². The quantitative estimate of drug-likeness (QED) is 0.818. The average Bonchev–Trinajstić information content (AvgIpc) is 2.91. The van der Waals surface area contributed by atoms with Gasteiger partial charge in [0.1, 0.15) is 5.78 Å². The third-order valence-corrected chi connectivity index (χ3v) is 4.50. The Labute approximate surface area is 96.6 Å². The number of rotatable bonds is 4. The first-order valence-corrected chi connectivity index (χ1v) is 6.59. The van der Waals surface area contributed by atoms with Crippen molar-refractivity contribution in [2.45, 2.75) is 26.2 Å². The Bertz CT molecular complexity index is 341. The van der Waals surface area contributed by atoms with E-state index in [2.05, 4.69) is 22.9 Å². The summed E-state index contributed by atoms with van der Waals surface area (Å²) in [6, 6.07) is 2.04. The van der Waals surface area contributed by atoms with Gasteiger partial charge in [-0.1, -0.05) is 6.92 Å². The smallest absolute Gasteiger partial charge is 0.141 e. The van der Waals surface area contributed by atoms with Gasteiger partial charge in [-0.3, -0.25) is 4.79 Å². The van der Waals surface area contributed by atoms with Gasteiger partial charge in [0.05, 0.1) is 0 Å². The van der Waals surface area contributed by atoms with Crippen molar-refractivity contribution < 1.29 is 4.79 Å². The molecule has 0 radical (unpaired) electrons. The first kappa shape index (κ1) is 10.4. The van der Waals surface area contributed by atoms with E-state index in [1.165, 1.54) is 17.7 Å². The second kappa shape index (κ2) is 4.15. The van der Waals surface area contributed by atoms with Crippen molar-refractivity contribution in [3.8, 4) is 0 Å². The molecule has 0 saturated heterocycles. The second-order valence-electron chi connectivity index (χ2n) is 4.00. The van der Waals surface area contributed by atoms with Crippen molar-refractivity contribution in [1.29, 1.82) is 0 Å². The van der Waals surface area contributed by atoms with Gasteiger partial charge in [0.25, 0.3) is 0 Å². The van der Waals surface area contributed by atoms with Crippen LogP contribution in [0.25, 0.3) is 0 Å². The summed E-state index contributed by atoms with van der Waals surface area (Å²) in [6.07, 6.45) is 3.12. The molecule has 0 aliphatic heterocycles. The molecular formula is C11H13BrOS. The normalized spacial score (nSPS) is 18.1. The Morgan fingerprint density at radius 2 is 2.43 bits per heavy atom. The van der Waals surface area contributed by atoms with E-state index in [-0.39, 0.29) is 5.92 Å². The molecule has 1 heterocycles. The van der Waals surface area contributed by atoms with Crippen LogP contribution in [0.15, 0.2) is 15.9 Å². The monoisotopic (exact) mass is 272 g/mol. The lowest BCUT2D eigenvalue weighted by Crippen LogP contribution is -2.14. The van der Waals surface area contributed by atoms with Crippen LogP contribution in [-0.4, -0.2) is 5.78 Å². The summed E-state index contributed by atoms with van der Waals surface area (Å²) in [5.41, 5.74) is 0. The molecule has 1 unspecified atom stereocenters. The highest BCUT2D eigenvalue weighted by Gasteiger charge is 2.32. The van der Waals surface area contributed by atoms with E-state index >= 15 is 0 Å². The number of carbonyl (C=O) groups excluding carboxylic acids is 1. The van der Waals surface area contributed by atoms with Gasteiger partial charge in [0.2, 0.25) is 0 Å². The van der Waals surface area contributed by atoms with Crippen molar-refractivity contribution in [1.82, 2.24) is 0 Å². The van der Waals surface area contributed by atoms with E-state index in [9.17, 15) is 4.79 Å². The van der Waals surface area contributed by atoms with Gasteiger partial charge in [-0.15, -0.1) is 11.3 Å². The molecule has 1 aliphatic rings. The maximum atomic E-state index is 11.8. The predicted molar refractivity (Wildman–Crippen MR) is 62.6 cm³/mol. The highest BCUT2D eigenvalue weighted by atomic mass is 79.9. The maximum absolute atomic E-state index is 11.8. The zero-order valence-corrected chi connectivity index (χ0v) is 10.5. The molecule has 1 atom stereocenters. The van der Waals surface area contributed by atoms with Crippen molar-refractivity contribution in [2.75, 3.05) is 0 Å². The molecule has 0 spiro atoms. The summed E-state index contributed by atoms with van der Waals surface area (Å²) >= 11 is 5.06. The average molecular weight is 273 g/mol. The van der Waals surface area contributed by atoms with Crippen LogP contribution in [0.4, 0.5) is 0 Å². The van der Waals surface area contributed by atoms with Gasteiger partial charge in [0.15, 0.2) is 0 Å². The number of hydrogen-bond acceptors (Lipinski definition) is 2. The van der Waals surface area contributed by atoms with Crippen LogP contribution < -0.4 is 0 Å². The SMILES string of the molecule is CC(C(=O)Cc1cc(Br)cs1)C1CC1. The number of Topliss-reactive ketones (excluding diaryl/α,β-unsaturated/α-hetero) is 1. The van der Waals surface area contributed by atoms with Crippen LogP contribution in [0.2, 0.25) is 0 Å². The number of halogens is 1. The minimum atomic E-state index is 0.274. The van der Waals surface area contributed by atoms with E-state index in [0.717, 1.165) is 4.47 Å². The van der Waals surface area contributed by atoms with Gasteiger partial charge < -0.3 is 0 Å². The van der Waals surface area contributed by atoms with Crippen molar-refractivity contribution in [3.63, 3.8) is 0 Å². The Morgan fingerprint density at radius 3 is 2.93 bits per heavy atom. The number of carbonyl (C=O) groups is 1. The fourth-order valence-corrected chi connectivity index (χ4v) is 3.10. The molecule has 1 saturated carbocycles. The fraction of sp³-hybridized carbons (Fsp3) is 0.545. The van der Waals surface area contributed by atoms with Crippen LogP contribution in [-0.2, 0) is 11.2 Å². The van der Waals surface area contributed by atoms with E-state index in [1.807, 2.05) is 11.4 Å². The molecule has 0 bridgehead atoms. The zero-order valence-electron chi connectivity index (χ0n) is 8.13. The van der Waals surface area contributed by atoms with Crippen LogP contribution in [0.1, 0.15) is 24.6 Å². The molecule has 1 nitrogen and oxygen atoms in total. The zero-order chi connectivity index (χ0) is 10.1. The molecule has 14 heavy (non-hydrogen) atoms. The minimum Gasteiger partial charge on any atom is -0.299 e. The molecular weight excluding hydrogens is 260 g/mol. The summed E-state index contributed by atoms with van der Waals surface area (Å²) in [5, 5.41) is 2.03. The van der Waals surface area contributed by atoms with Gasteiger partial charge in [-0.2, -0.15) is 0 Å². The Kier molecular flexibility index (Phi) is 3.07. The van der Waals surface area contributed by atoms with Crippen molar-refractivity contribution in [2.24, 2.45) is 11.8 Å². The third-order valence-electron chi connectivity index (χ3n) is 2.81. The van der Waals surface area contributed by atoms with E-state index in [4.69, 9.17) is 0 Å². The summed E-state index contributed by atoms with van der Waals surface area (Å²) < 4.78 is 1.09. The largest absolute Gasteiger partial charge is 0.299 e. The number of thiophene rings is 1. The Hall–Kier alpha value is -0.150. The minimum absolute atomic E-state index is 0.274. The molecule has 2 rings (SSSR count). The fourth-order valence-electron chi connectivity index (χ4n) is 1.64. The van der Waals surface area contributed by atoms with Gasteiger partial charge >= 0.3 is 0 Å². The molecule has 0 amide bonds. The van der Waals surface area contributed by atoms with Crippen LogP contribution in [0.3, 0.4) is 0 Å². The Morgan fingerprint density at radius 1 is 1.71 bits per heavy atom. The summed E-state index contributed by atoms with van der Waals surface area (Å²) in [5.74, 6) is 1.36. The lowest BCUT2D eigenvalue weighted by atomic mass is 9.98. The van der Waals surface area contributed by atoms with Crippen molar-refractivity contribution in [3.05, 3.63) is 20.8 Å². The maximum Gasteiger partial charge on any atom is 0.141 e. The lowest BCUT2D eigenvalue weighted by molar-refractivity contribution is -0.122.